The molecule has 2 rings (SSSR count). The second kappa shape index (κ2) is 7.17. The third kappa shape index (κ3) is 3.81. The highest BCUT2D eigenvalue weighted by Gasteiger charge is 2.21. The number of piperazine rings is 1. The minimum atomic E-state index is -0.346. The standard InChI is InChI=1S/C12H16ClFN2.ClH/c13-11-3-1-10(2-4-11)12(9-14)16-7-5-15-6-8-16;/h1-4,12,15H,5-9H2;1H/t12-;/m1./s1. The van der Waals surface area contributed by atoms with E-state index in [1.807, 2.05) is 24.3 Å². The molecule has 17 heavy (non-hydrogen) atoms. The van der Waals surface area contributed by atoms with Crippen molar-refractivity contribution in [3.63, 3.8) is 0 Å². The Hall–Kier alpha value is -0.350. The van der Waals surface area contributed by atoms with Gasteiger partial charge in [-0.15, -0.1) is 12.4 Å². The monoisotopic (exact) mass is 278 g/mol. The maximum atomic E-state index is 13.1. The Kier molecular flexibility index (Phi) is 6.20. The first-order chi connectivity index (χ1) is 7.81. The van der Waals surface area contributed by atoms with Crippen LogP contribution in [0.25, 0.3) is 0 Å². The average Bonchev–Trinajstić information content (AvgIpc) is 2.34. The summed E-state index contributed by atoms with van der Waals surface area (Å²) in [5.41, 5.74) is 1.01. The molecule has 0 spiro atoms. The normalized spacial score (nSPS) is 18.5. The third-order valence-corrected chi connectivity index (χ3v) is 3.25. The topological polar surface area (TPSA) is 15.3 Å². The molecule has 0 unspecified atom stereocenters. The minimum absolute atomic E-state index is 0. The largest absolute Gasteiger partial charge is 0.314 e. The van der Waals surface area contributed by atoms with Crippen molar-refractivity contribution in [2.45, 2.75) is 6.04 Å². The van der Waals surface area contributed by atoms with Gasteiger partial charge in [-0.1, -0.05) is 23.7 Å². The van der Waals surface area contributed by atoms with E-state index < -0.39 is 0 Å². The molecule has 1 aromatic carbocycles. The summed E-state index contributed by atoms with van der Waals surface area (Å²) in [4.78, 5) is 2.18. The number of hydrogen-bond donors (Lipinski definition) is 1. The van der Waals surface area contributed by atoms with Crippen LogP contribution < -0.4 is 5.32 Å². The van der Waals surface area contributed by atoms with Crippen molar-refractivity contribution in [1.29, 1.82) is 0 Å². The van der Waals surface area contributed by atoms with Crippen LogP contribution in [0.2, 0.25) is 5.02 Å². The summed E-state index contributed by atoms with van der Waals surface area (Å²) in [5, 5.41) is 3.97. The second-order valence-electron chi connectivity index (χ2n) is 4.01. The maximum Gasteiger partial charge on any atom is 0.109 e. The number of halogens is 3. The van der Waals surface area contributed by atoms with Gasteiger partial charge in [0, 0.05) is 31.2 Å². The van der Waals surface area contributed by atoms with Crippen LogP contribution in [0.5, 0.6) is 0 Å². The van der Waals surface area contributed by atoms with Gasteiger partial charge in [0.25, 0.3) is 0 Å². The molecule has 0 saturated carbocycles. The van der Waals surface area contributed by atoms with Crippen molar-refractivity contribution < 1.29 is 4.39 Å². The number of alkyl halides is 1. The van der Waals surface area contributed by atoms with Gasteiger partial charge >= 0.3 is 0 Å². The highest BCUT2D eigenvalue weighted by molar-refractivity contribution is 6.30. The van der Waals surface area contributed by atoms with E-state index in [1.165, 1.54) is 0 Å². The summed E-state index contributed by atoms with van der Waals surface area (Å²) in [6, 6.07) is 7.34. The van der Waals surface area contributed by atoms with Gasteiger partial charge in [-0.2, -0.15) is 0 Å². The number of rotatable bonds is 3. The first kappa shape index (κ1) is 14.7. The SMILES string of the molecule is Cl.FC[C@H](c1ccc(Cl)cc1)N1CCNCC1. The fourth-order valence-electron chi connectivity index (χ4n) is 2.08. The van der Waals surface area contributed by atoms with Crippen LogP contribution in [0.15, 0.2) is 24.3 Å². The van der Waals surface area contributed by atoms with E-state index in [0.29, 0.717) is 5.02 Å². The molecule has 2 nitrogen and oxygen atoms in total. The Labute approximate surface area is 113 Å². The van der Waals surface area contributed by atoms with E-state index in [4.69, 9.17) is 11.6 Å². The highest BCUT2D eigenvalue weighted by atomic mass is 35.5. The van der Waals surface area contributed by atoms with Crippen LogP contribution in [0.1, 0.15) is 11.6 Å². The molecule has 0 aliphatic carbocycles. The lowest BCUT2D eigenvalue weighted by Gasteiger charge is -2.33. The van der Waals surface area contributed by atoms with Crippen LogP contribution in [0, 0.1) is 0 Å². The zero-order valence-corrected chi connectivity index (χ0v) is 11.1. The quantitative estimate of drug-likeness (QED) is 0.915. The lowest BCUT2D eigenvalue weighted by atomic mass is 10.1. The van der Waals surface area contributed by atoms with Gasteiger partial charge in [0.2, 0.25) is 0 Å². The van der Waals surface area contributed by atoms with E-state index in [9.17, 15) is 4.39 Å². The van der Waals surface area contributed by atoms with Crippen LogP contribution in [-0.2, 0) is 0 Å². The molecule has 1 aromatic rings. The molecule has 1 saturated heterocycles. The van der Waals surface area contributed by atoms with Gasteiger partial charge in [0.05, 0.1) is 6.04 Å². The molecule has 1 atom stereocenters. The molecular weight excluding hydrogens is 262 g/mol. The molecule has 1 N–H and O–H groups in total. The Morgan fingerprint density at radius 1 is 1.24 bits per heavy atom. The van der Waals surface area contributed by atoms with E-state index >= 15 is 0 Å². The summed E-state index contributed by atoms with van der Waals surface area (Å²) < 4.78 is 13.1. The van der Waals surface area contributed by atoms with Crippen molar-refractivity contribution in [2.24, 2.45) is 0 Å². The Bertz CT molecular complexity index is 326. The highest BCUT2D eigenvalue weighted by Crippen LogP contribution is 2.23. The number of nitrogens with one attached hydrogen (secondary N) is 1. The zero-order chi connectivity index (χ0) is 11.4. The summed E-state index contributed by atoms with van der Waals surface area (Å²) in [7, 11) is 0. The molecule has 0 aromatic heterocycles. The fraction of sp³-hybridized carbons (Fsp3) is 0.500. The molecule has 1 aliphatic rings. The molecule has 1 fully saturated rings. The van der Waals surface area contributed by atoms with Crippen molar-refractivity contribution in [3.8, 4) is 0 Å². The van der Waals surface area contributed by atoms with Crippen LogP contribution in [-0.4, -0.2) is 37.8 Å². The van der Waals surface area contributed by atoms with Crippen molar-refractivity contribution in [1.82, 2.24) is 10.2 Å². The molecule has 1 heterocycles. The van der Waals surface area contributed by atoms with Crippen molar-refractivity contribution >= 4 is 24.0 Å². The molecule has 0 bridgehead atoms. The number of nitrogens with zero attached hydrogens (tertiary/aromatic N) is 1. The summed E-state index contributed by atoms with van der Waals surface area (Å²) in [5.74, 6) is 0. The Morgan fingerprint density at radius 3 is 2.35 bits per heavy atom. The minimum Gasteiger partial charge on any atom is -0.314 e. The van der Waals surface area contributed by atoms with Crippen molar-refractivity contribution in [2.75, 3.05) is 32.9 Å². The number of hydrogen-bond acceptors (Lipinski definition) is 2. The van der Waals surface area contributed by atoms with Crippen LogP contribution in [0.3, 0.4) is 0 Å². The van der Waals surface area contributed by atoms with Gasteiger partial charge in [-0.25, -0.2) is 4.39 Å². The molecule has 96 valence electrons. The number of benzene rings is 1. The molecule has 0 radical (unpaired) electrons. The van der Waals surface area contributed by atoms with Gasteiger partial charge in [0.1, 0.15) is 6.67 Å². The first-order valence-electron chi connectivity index (χ1n) is 5.57. The van der Waals surface area contributed by atoms with E-state index in [0.717, 1.165) is 31.7 Å². The lowest BCUT2D eigenvalue weighted by molar-refractivity contribution is 0.147. The summed E-state index contributed by atoms with van der Waals surface area (Å²) >= 11 is 5.83. The molecule has 5 heteroatoms. The second-order valence-corrected chi connectivity index (χ2v) is 4.44. The third-order valence-electron chi connectivity index (χ3n) is 2.99. The molecule has 0 amide bonds. The van der Waals surface area contributed by atoms with Crippen molar-refractivity contribution in [3.05, 3.63) is 34.9 Å². The van der Waals surface area contributed by atoms with E-state index in [1.54, 1.807) is 0 Å². The Balaban J connectivity index is 0.00000144. The first-order valence-corrected chi connectivity index (χ1v) is 5.95. The fourth-order valence-corrected chi connectivity index (χ4v) is 2.20. The molecule has 1 aliphatic heterocycles. The summed E-state index contributed by atoms with van der Waals surface area (Å²) in [6.45, 7) is 3.32. The van der Waals surface area contributed by atoms with Gasteiger partial charge in [-0.05, 0) is 17.7 Å². The maximum absolute atomic E-state index is 13.1. The predicted molar refractivity (Wildman–Crippen MR) is 71.9 cm³/mol. The van der Waals surface area contributed by atoms with Crippen LogP contribution in [0.4, 0.5) is 4.39 Å². The van der Waals surface area contributed by atoms with E-state index in [2.05, 4.69) is 10.2 Å². The molecular formula is C12H17Cl2FN2. The smallest absolute Gasteiger partial charge is 0.109 e. The van der Waals surface area contributed by atoms with Crippen LogP contribution >= 0.6 is 24.0 Å². The average molecular weight is 279 g/mol. The Morgan fingerprint density at radius 2 is 1.82 bits per heavy atom. The zero-order valence-electron chi connectivity index (χ0n) is 9.53. The summed E-state index contributed by atoms with van der Waals surface area (Å²) in [6.07, 6.45) is 0. The van der Waals surface area contributed by atoms with Gasteiger partial charge in [-0.3, -0.25) is 4.90 Å². The van der Waals surface area contributed by atoms with Gasteiger partial charge in [0.15, 0.2) is 0 Å². The lowest BCUT2D eigenvalue weighted by Crippen LogP contribution is -2.45. The van der Waals surface area contributed by atoms with E-state index in [-0.39, 0.29) is 25.1 Å². The predicted octanol–water partition coefficient (Wildman–Crippen LogP) is 2.68. The van der Waals surface area contributed by atoms with Gasteiger partial charge < -0.3 is 5.32 Å².